The van der Waals surface area contributed by atoms with Gasteiger partial charge in [-0.15, -0.1) is 0 Å². The van der Waals surface area contributed by atoms with E-state index < -0.39 is 5.97 Å². The van der Waals surface area contributed by atoms with E-state index in [4.69, 9.17) is 5.11 Å². The number of carboxylic acids is 1. The number of benzene rings is 1. The summed E-state index contributed by atoms with van der Waals surface area (Å²) in [5, 5.41) is 8.80. The van der Waals surface area contributed by atoms with Crippen LogP contribution in [0.15, 0.2) is 24.3 Å². The van der Waals surface area contributed by atoms with Gasteiger partial charge in [-0.05, 0) is 36.3 Å². The van der Waals surface area contributed by atoms with Crippen molar-refractivity contribution in [1.82, 2.24) is 0 Å². The van der Waals surface area contributed by atoms with Gasteiger partial charge in [0.15, 0.2) is 0 Å². The Kier molecular flexibility index (Phi) is 5.20. The summed E-state index contributed by atoms with van der Waals surface area (Å²) >= 11 is 0. The van der Waals surface area contributed by atoms with Gasteiger partial charge in [-0.1, -0.05) is 45.0 Å². The highest BCUT2D eigenvalue weighted by atomic mass is 16.4. The minimum absolute atomic E-state index is 0.259. The molecule has 0 bridgehead atoms. The molecule has 0 aliphatic heterocycles. The molecular weight excluding hydrogens is 212 g/mol. The third-order valence-electron chi connectivity index (χ3n) is 2.95. The standard InChI is InChI=1S/C15H22O2/c1-11(2)10-14-8-6-13(7-9-14)5-4-12(3)15(16)17/h6-9,11-12H,4-5,10H2,1-3H3,(H,16,17). The summed E-state index contributed by atoms with van der Waals surface area (Å²) in [6, 6.07) is 8.54. The highest BCUT2D eigenvalue weighted by molar-refractivity contribution is 5.69. The van der Waals surface area contributed by atoms with Crippen molar-refractivity contribution in [3.8, 4) is 0 Å². The number of carboxylic acid groups (broad SMARTS) is 1. The fourth-order valence-corrected chi connectivity index (χ4v) is 1.82. The van der Waals surface area contributed by atoms with Crippen molar-refractivity contribution in [1.29, 1.82) is 0 Å². The SMILES string of the molecule is CC(C)Cc1ccc(CCC(C)C(=O)O)cc1. The molecule has 1 unspecified atom stereocenters. The summed E-state index contributed by atoms with van der Waals surface area (Å²) in [5.41, 5.74) is 2.58. The van der Waals surface area contributed by atoms with Gasteiger partial charge >= 0.3 is 5.97 Å². The summed E-state index contributed by atoms with van der Waals surface area (Å²) < 4.78 is 0. The van der Waals surface area contributed by atoms with E-state index in [-0.39, 0.29) is 5.92 Å². The first kappa shape index (κ1) is 13.8. The Bertz CT molecular complexity index is 352. The molecule has 2 nitrogen and oxygen atoms in total. The van der Waals surface area contributed by atoms with Gasteiger partial charge in [0.2, 0.25) is 0 Å². The number of carbonyl (C=O) groups is 1. The maximum Gasteiger partial charge on any atom is 0.306 e. The molecule has 1 aromatic carbocycles. The van der Waals surface area contributed by atoms with Gasteiger partial charge in [-0.3, -0.25) is 4.79 Å². The number of aliphatic carboxylic acids is 1. The number of hydrogen-bond acceptors (Lipinski definition) is 1. The van der Waals surface area contributed by atoms with Gasteiger partial charge in [-0.25, -0.2) is 0 Å². The summed E-state index contributed by atoms with van der Waals surface area (Å²) in [6.45, 7) is 6.18. The van der Waals surface area contributed by atoms with Gasteiger partial charge in [0.25, 0.3) is 0 Å². The number of hydrogen-bond donors (Lipinski definition) is 1. The Balaban J connectivity index is 2.48. The van der Waals surface area contributed by atoms with Crippen molar-refractivity contribution in [2.75, 3.05) is 0 Å². The third-order valence-corrected chi connectivity index (χ3v) is 2.95. The predicted octanol–water partition coefficient (Wildman–Crippen LogP) is 3.54. The molecule has 1 rings (SSSR count). The Morgan fingerprint density at radius 3 is 2.12 bits per heavy atom. The van der Waals surface area contributed by atoms with Crippen LogP contribution in [0.1, 0.15) is 38.3 Å². The lowest BCUT2D eigenvalue weighted by atomic mass is 9.98. The summed E-state index contributed by atoms with van der Waals surface area (Å²) in [4.78, 5) is 10.7. The quantitative estimate of drug-likeness (QED) is 0.817. The van der Waals surface area contributed by atoms with E-state index in [9.17, 15) is 4.79 Å². The van der Waals surface area contributed by atoms with Crippen molar-refractivity contribution in [3.63, 3.8) is 0 Å². The first-order valence-electron chi connectivity index (χ1n) is 6.29. The molecule has 1 aromatic rings. The fourth-order valence-electron chi connectivity index (χ4n) is 1.82. The molecular formula is C15H22O2. The summed E-state index contributed by atoms with van der Waals surface area (Å²) in [6.07, 6.45) is 2.65. The molecule has 2 heteroatoms. The molecule has 0 saturated carbocycles. The van der Waals surface area contributed by atoms with Gasteiger partial charge in [0, 0.05) is 0 Å². The van der Waals surface area contributed by atoms with Gasteiger partial charge in [0.1, 0.15) is 0 Å². The number of rotatable bonds is 6. The minimum atomic E-state index is -0.707. The lowest BCUT2D eigenvalue weighted by molar-refractivity contribution is -0.141. The smallest absolute Gasteiger partial charge is 0.306 e. The molecule has 0 aliphatic rings. The Morgan fingerprint density at radius 1 is 1.12 bits per heavy atom. The zero-order chi connectivity index (χ0) is 12.8. The lowest BCUT2D eigenvalue weighted by Crippen LogP contribution is -2.10. The Labute approximate surface area is 104 Å². The van der Waals surface area contributed by atoms with E-state index in [1.165, 1.54) is 11.1 Å². The van der Waals surface area contributed by atoms with Crippen LogP contribution in [0.25, 0.3) is 0 Å². The van der Waals surface area contributed by atoms with Gasteiger partial charge in [-0.2, -0.15) is 0 Å². The topological polar surface area (TPSA) is 37.3 Å². The van der Waals surface area contributed by atoms with E-state index in [1.54, 1.807) is 6.92 Å². The molecule has 1 atom stereocenters. The molecule has 94 valence electrons. The number of aryl methyl sites for hydroxylation is 1. The first-order valence-corrected chi connectivity index (χ1v) is 6.29. The molecule has 0 saturated heterocycles. The van der Waals surface area contributed by atoms with Crippen molar-refractivity contribution in [2.24, 2.45) is 11.8 Å². The van der Waals surface area contributed by atoms with Crippen LogP contribution >= 0.6 is 0 Å². The highest BCUT2D eigenvalue weighted by Crippen LogP contribution is 2.13. The van der Waals surface area contributed by atoms with Gasteiger partial charge < -0.3 is 5.11 Å². The monoisotopic (exact) mass is 234 g/mol. The largest absolute Gasteiger partial charge is 0.481 e. The van der Waals surface area contributed by atoms with Crippen molar-refractivity contribution in [3.05, 3.63) is 35.4 Å². The first-order chi connectivity index (χ1) is 7.99. The second-order valence-electron chi connectivity index (χ2n) is 5.19. The van der Waals surface area contributed by atoms with E-state index in [2.05, 4.69) is 38.1 Å². The van der Waals surface area contributed by atoms with Gasteiger partial charge in [0.05, 0.1) is 5.92 Å². The van der Waals surface area contributed by atoms with Crippen molar-refractivity contribution >= 4 is 5.97 Å². The highest BCUT2D eigenvalue weighted by Gasteiger charge is 2.10. The zero-order valence-electron chi connectivity index (χ0n) is 10.9. The summed E-state index contributed by atoms with van der Waals surface area (Å²) in [5.74, 6) is -0.292. The second kappa shape index (κ2) is 6.43. The normalized spacial score (nSPS) is 12.7. The predicted molar refractivity (Wildman–Crippen MR) is 70.1 cm³/mol. The Hall–Kier alpha value is -1.31. The van der Waals surface area contributed by atoms with Crippen LogP contribution in [-0.4, -0.2) is 11.1 Å². The van der Waals surface area contributed by atoms with Crippen molar-refractivity contribution in [2.45, 2.75) is 40.0 Å². The molecule has 0 aromatic heterocycles. The van der Waals surface area contributed by atoms with E-state index in [1.807, 2.05) is 0 Å². The average molecular weight is 234 g/mol. The molecule has 0 aliphatic carbocycles. The fraction of sp³-hybridized carbons (Fsp3) is 0.533. The van der Waals surface area contributed by atoms with Crippen LogP contribution in [0.5, 0.6) is 0 Å². The molecule has 0 amide bonds. The third kappa shape index (κ3) is 5.03. The van der Waals surface area contributed by atoms with Crippen LogP contribution in [0.4, 0.5) is 0 Å². The van der Waals surface area contributed by atoms with Crippen LogP contribution in [-0.2, 0) is 17.6 Å². The molecule has 0 heterocycles. The van der Waals surface area contributed by atoms with E-state index in [0.29, 0.717) is 12.3 Å². The lowest BCUT2D eigenvalue weighted by Gasteiger charge is -2.08. The van der Waals surface area contributed by atoms with Crippen LogP contribution in [0.2, 0.25) is 0 Å². The molecule has 17 heavy (non-hydrogen) atoms. The molecule has 1 N–H and O–H groups in total. The zero-order valence-corrected chi connectivity index (χ0v) is 10.9. The Morgan fingerprint density at radius 2 is 1.65 bits per heavy atom. The summed E-state index contributed by atoms with van der Waals surface area (Å²) in [7, 11) is 0. The average Bonchev–Trinajstić information content (AvgIpc) is 2.26. The molecule has 0 radical (unpaired) electrons. The van der Waals surface area contributed by atoms with Crippen molar-refractivity contribution < 1.29 is 9.90 Å². The van der Waals surface area contributed by atoms with Crippen LogP contribution < -0.4 is 0 Å². The maximum atomic E-state index is 10.7. The minimum Gasteiger partial charge on any atom is -0.481 e. The second-order valence-corrected chi connectivity index (χ2v) is 5.19. The molecule has 0 fully saturated rings. The van der Waals surface area contributed by atoms with Crippen LogP contribution in [0, 0.1) is 11.8 Å². The van der Waals surface area contributed by atoms with E-state index >= 15 is 0 Å². The van der Waals surface area contributed by atoms with E-state index in [0.717, 1.165) is 12.8 Å². The molecule has 0 spiro atoms. The van der Waals surface area contributed by atoms with Crippen LogP contribution in [0.3, 0.4) is 0 Å². The maximum absolute atomic E-state index is 10.7.